The molecule has 1 rings (SSSR count). The second-order valence-electron chi connectivity index (χ2n) is 4.09. The second kappa shape index (κ2) is 6.66. The minimum absolute atomic E-state index is 0.0362. The van der Waals surface area contributed by atoms with E-state index >= 15 is 0 Å². The van der Waals surface area contributed by atoms with Gasteiger partial charge in [0.1, 0.15) is 0 Å². The maximum atomic E-state index is 11.6. The van der Waals surface area contributed by atoms with Gasteiger partial charge in [0.05, 0.1) is 6.04 Å². The lowest BCUT2D eigenvalue weighted by Crippen LogP contribution is -2.44. The van der Waals surface area contributed by atoms with Crippen molar-refractivity contribution in [3.05, 3.63) is 22.4 Å². The van der Waals surface area contributed by atoms with E-state index in [1.165, 1.54) is 4.88 Å². The zero-order chi connectivity index (χ0) is 12.0. The van der Waals surface area contributed by atoms with E-state index in [1.54, 1.807) is 11.3 Å². The Balaban J connectivity index is 2.33. The third-order valence-electron chi connectivity index (χ3n) is 2.41. The maximum Gasteiger partial charge on any atom is 0.237 e. The molecule has 1 unspecified atom stereocenters. The number of carbonyl (C=O) groups excluding carboxylic acids is 1. The molecule has 16 heavy (non-hydrogen) atoms. The fraction of sp³-hybridized carbons (Fsp3) is 0.583. The highest BCUT2D eigenvalue weighted by Gasteiger charge is 2.14. The lowest BCUT2D eigenvalue weighted by Gasteiger charge is -2.16. The lowest BCUT2D eigenvalue weighted by atomic mass is 10.1. The molecule has 0 aliphatic rings. The van der Waals surface area contributed by atoms with Crippen molar-refractivity contribution in [2.45, 2.75) is 45.2 Å². The Hall–Kier alpha value is -0.870. The molecule has 3 nitrogen and oxygen atoms in total. The third kappa shape index (κ3) is 4.33. The van der Waals surface area contributed by atoms with Crippen LogP contribution in [0, 0.1) is 0 Å². The molecule has 0 saturated heterocycles. The van der Waals surface area contributed by atoms with Crippen LogP contribution in [0.3, 0.4) is 0 Å². The highest BCUT2D eigenvalue weighted by Crippen LogP contribution is 2.11. The Morgan fingerprint density at radius 2 is 2.38 bits per heavy atom. The van der Waals surface area contributed by atoms with Gasteiger partial charge in [-0.25, -0.2) is 0 Å². The minimum atomic E-state index is -0.365. The third-order valence-corrected chi connectivity index (χ3v) is 3.31. The van der Waals surface area contributed by atoms with Crippen LogP contribution in [-0.2, 0) is 11.2 Å². The molecular weight excluding hydrogens is 220 g/mol. The van der Waals surface area contributed by atoms with Crippen LogP contribution in [0.4, 0.5) is 0 Å². The van der Waals surface area contributed by atoms with Crippen molar-refractivity contribution < 1.29 is 4.79 Å². The predicted octanol–water partition coefficient (Wildman–Crippen LogP) is 1.92. The number of carbonyl (C=O) groups is 1. The van der Waals surface area contributed by atoms with Gasteiger partial charge < -0.3 is 11.1 Å². The summed E-state index contributed by atoms with van der Waals surface area (Å²) in [5, 5.41) is 4.99. The summed E-state index contributed by atoms with van der Waals surface area (Å²) in [6.07, 6.45) is 2.56. The van der Waals surface area contributed by atoms with Gasteiger partial charge in [-0.05, 0) is 24.8 Å². The van der Waals surface area contributed by atoms with Gasteiger partial charge in [-0.2, -0.15) is 0 Å². The number of hydrogen-bond acceptors (Lipinski definition) is 3. The van der Waals surface area contributed by atoms with Gasteiger partial charge in [-0.15, -0.1) is 11.3 Å². The Bertz CT molecular complexity index is 311. The molecule has 0 fully saturated rings. The van der Waals surface area contributed by atoms with E-state index in [4.69, 9.17) is 5.73 Å². The first-order chi connectivity index (χ1) is 7.63. The zero-order valence-corrected chi connectivity index (χ0v) is 10.7. The fourth-order valence-corrected chi connectivity index (χ4v) is 2.41. The molecule has 4 heteroatoms. The van der Waals surface area contributed by atoms with E-state index in [9.17, 15) is 4.79 Å². The second-order valence-corrected chi connectivity index (χ2v) is 5.12. The van der Waals surface area contributed by atoms with Crippen LogP contribution in [0.25, 0.3) is 0 Å². The zero-order valence-electron chi connectivity index (χ0n) is 9.90. The summed E-state index contributed by atoms with van der Waals surface area (Å²) in [6.45, 7) is 4.04. The number of nitrogens with two attached hydrogens (primary N) is 1. The van der Waals surface area contributed by atoms with Gasteiger partial charge >= 0.3 is 0 Å². The van der Waals surface area contributed by atoms with Crippen molar-refractivity contribution in [3.63, 3.8) is 0 Å². The van der Waals surface area contributed by atoms with E-state index in [0.29, 0.717) is 0 Å². The standard InChI is InChI=1S/C12H20N2OS/c1-3-5-11(13)12(15)14-9(2)8-10-6-4-7-16-10/h4,6-7,9,11H,3,5,8,13H2,1-2H3,(H,14,15)/t9?,11-/m1/s1. The van der Waals surface area contributed by atoms with Crippen LogP contribution in [0.15, 0.2) is 17.5 Å². The van der Waals surface area contributed by atoms with Gasteiger partial charge in [-0.3, -0.25) is 4.79 Å². The normalized spacial score (nSPS) is 14.4. The molecule has 1 aromatic heterocycles. The average molecular weight is 240 g/mol. The predicted molar refractivity (Wildman–Crippen MR) is 68.5 cm³/mol. The molecule has 1 amide bonds. The number of rotatable bonds is 6. The van der Waals surface area contributed by atoms with Crippen LogP contribution in [0.5, 0.6) is 0 Å². The molecule has 0 radical (unpaired) electrons. The summed E-state index contributed by atoms with van der Waals surface area (Å²) in [7, 11) is 0. The molecule has 1 heterocycles. The summed E-state index contributed by atoms with van der Waals surface area (Å²) in [6, 6.07) is 3.89. The highest BCUT2D eigenvalue weighted by molar-refractivity contribution is 7.09. The van der Waals surface area contributed by atoms with Gasteiger partial charge in [0.15, 0.2) is 0 Å². The average Bonchev–Trinajstić information content (AvgIpc) is 2.70. The fourth-order valence-electron chi connectivity index (χ4n) is 1.57. The molecule has 2 atom stereocenters. The monoisotopic (exact) mass is 240 g/mol. The van der Waals surface area contributed by atoms with E-state index in [-0.39, 0.29) is 18.0 Å². The SMILES string of the molecule is CCC[C@@H](N)C(=O)NC(C)Cc1cccs1. The van der Waals surface area contributed by atoms with E-state index < -0.39 is 0 Å². The van der Waals surface area contributed by atoms with Crippen LogP contribution in [0.2, 0.25) is 0 Å². The molecule has 0 aliphatic heterocycles. The molecule has 0 aromatic carbocycles. The number of thiophene rings is 1. The van der Waals surface area contributed by atoms with Crippen molar-refractivity contribution in [1.82, 2.24) is 5.32 Å². The molecule has 90 valence electrons. The summed E-state index contributed by atoms with van der Waals surface area (Å²) < 4.78 is 0. The van der Waals surface area contributed by atoms with Crippen LogP contribution in [-0.4, -0.2) is 18.0 Å². The first-order valence-electron chi connectivity index (χ1n) is 5.71. The van der Waals surface area contributed by atoms with Crippen molar-refractivity contribution in [1.29, 1.82) is 0 Å². The highest BCUT2D eigenvalue weighted by atomic mass is 32.1. The maximum absolute atomic E-state index is 11.6. The molecule has 0 spiro atoms. The smallest absolute Gasteiger partial charge is 0.237 e. The van der Waals surface area contributed by atoms with Gasteiger partial charge in [0.25, 0.3) is 0 Å². The quantitative estimate of drug-likeness (QED) is 0.798. The molecule has 3 N–H and O–H groups in total. The summed E-state index contributed by atoms with van der Waals surface area (Å²) in [5.41, 5.74) is 5.74. The number of amides is 1. The number of hydrogen-bond donors (Lipinski definition) is 2. The van der Waals surface area contributed by atoms with Crippen LogP contribution < -0.4 is 11.1 Å². The van der Waals surface area contributed by atoms with Crippen molar-refractivity contribution in [2.75, 3.05) is 0 Å². The first kappa shape index (κ1) is 13.2. The molecule has 0 aliphatic carbocycles. The minimum Gasteiger partial charge on any atom is -0.352 e. The Morgan fingerprint density at radius 1 is 1.62 bits per heavy atom. The first-order valence-corrected chi connectivity index (χ1v) is 6.59. The molecular formula is C12H20N2OS. The van der Waals surface area contributed by atoms with E-state index in [0.717, 1.165) is 19.3 Å². The number of nitrogens with one attached hydrogen (secondary N) is 1. The van der Waals surface area contributed by atoms with E-state index in [2.05, 4.69) is 11.4 Å². The van der Waals surface area contributed by atoms with Crippen molar-refractivity contribution in [2.24, 2.45) is 5.73 Å². The molecule has 1 aromatic rings. The Labute approximate surface area is 101 Å². The van der Waals surface area contributed by atoms with Gasteiger partial charge in [-0.1, -0.05) is 19.4 Å². The summed E-state index contributed by atoms with van der Waals surface area (Å²) >= 11 is 1.71. The van der Waals surface area contributed by atoms with Gasteiger partial charge in [0, 0.05) is 17.3 Å². The van der Waals surface area contributed by atoms with Crippen LogP contribution in [0.1, 0.15) is 31.6 Å². The topological polar surface area (TPSA) is 55.1 Å². The largest absolute Gasteiger partial charge is 0.352 e. The van der Waals surface area contributed by atoms with E-state index in [1.807, 2.05) is 25.3 Å². The lowest BCUT2D eigenvalue weighted by molar-refractivity contribution is -0.123. The molecule has 0 saturated carbocycles. The molecule has 0 bridgehead atoms. The Morgan fingerprint density at radius 3 is 2.94 bits per heavy atom. The summed E-state index contributed by atoms with van der Waals surface area (Å²) in [5.74, 6) is -0.0362. The van der Waals surface area contributed by atoms with Gasteiger partial charge in [0.2, 0.25) is 5.91 Å². The van der Waals surface area contributed by atoms with Crippen molar-refractivity contribution in [3.8, 4) is 0 Å². The Kier molecular flexibility index (Phi) is 5.49. The van der Waals surface area contributed by atoms with Crippen molar-refractivity contribution >= 4 is 17.2 Å². The van der Waals surface area contributed by atoms with Crippen LogP contribution >= 0.6 is 11.3 Å². The summed E-state index contributed by atoms with van der Waals surface area (Å²) in [4.78, 5) is 12.9.